The summed E-state index contributed by atoms with van der Waals surface area (Å²) >= 11 is 6.06. The van der Waals surface area contributed by atoms with Crippen molar-refractivity contribution in [1.29, 1.82) is 0 Å². The molecule has 2 heterocycles. The molecule has 1 aromatic rings. The molecular weight excluding hydrogens is 244 g/mol. The number of fused-ring (bicyclic) bond motifs is 1. The molecule has 0 aliphatic carbocycles. The maximum Gasteiger partial charge on any atom is 0.0409 e. The van der Waals surface area contributed by atoms with E-state index in [9.17, 15) is 0 Å². The molecule has 3 heteroatoms. The lowest BCUT2D eigenvalue weighted by Gasteiger charge is -2.42. The van der Waals surface area contributed by atoms with E-state index < -0.39 is 0 Å². The standard InChI is InChI=1S/C15H21ClN2/c1-12-9-17-7-3-6-15(17)11-18(12)10-13-4-2-5-14(16)8-13/h2,4-5,8,12,15H,3,6-7,9-11H2,1H3/t12-,15+/m1/s1. The molecule has 0 N–H and O–H groups in total. The normalized spacial score (nSPS) is 29.4. The molecule has 98 valence electrons. The van der Waals surface area contributed by atoms with Gasteiger partial charge in [-0.15, -0.1) is 0 Å². The van der Waals surface area contributed by atoms with Crippen molar-refractivity contribution in [3.63, 3.8) is 0 Å². The van der Waals surface area contributed by atoms with Crippen LogP contribution in [0.2, 0.25) is 5.02 Å². The smallest absolute Gasteiger partial charge is 0.0409 e. The molecule has 0 radical (unpaired) electrons. The molecule has 0 amide bonds. The van der Waals surface area contributed by atoms with Crippen LogP contribution in [-0.4, -0.2) is 41.5 Å². The fraction of sp³-hybridized carbons (Fsp3) is 0.600. The van der Waals surface area contributed by atoms with E-state index in [1.54, 1.807) is 0 Å². The van der Waals surface area contributed by atoms with Crippen molar-refractivity contribution in [1.82, 2.24) is 9.80 Å². The Morgan fingerprint density at radius 2 is 2.22 bits per heavy atom. The minimum atomic E-state index is 0.651. The van der Waals surface area contributed by atoms with Crippen molar-refractivity contribution in [2.24, 2.45) is 0 Å². The highest BCUT2D eigenvalue weighted by atomic mass is 35.5. The topological polar surface area (TPSA) is 6.48 Å². The number of nitrogens with zero attached hydrogens (tertiary/aromatic N) is 2. The lowest BCUT2D eigenvalue weighted by atomic mass is 10.1. The first-order valence-electron chi connectivity index (χ1n) is 6.95. The molecule has 1 aromatic carbocycles. The Bertz CT molecular complexity index is 421. The third kappa shape index (κ3) is 2.56. The van der Waals surface area contributed by atoms with Gasteiger partial charge in [0.1, 0.15) is 0 Å². The molecule has 0 spiro atoms. The average molecular weight is 265 g/mol. The van der Waals surface area contributed by atoms with Gasteiger partial charge in [-0.25, -0.2) is 0 Å². The summed E-state index contributed by atoms with van der Waals surface area (Å²) in [5.41, 5.74) is 1.33. The molecule has 2 atom stereocenters. The molecule has 0 aromatic heterocycles. The summed E-state index contributed by atoms with van der Waals surface area (Å²) in [7, 11) is 0. The largest absolute Gasteiger partial charge is 0.298 e. The van der Waals surface area contributed by atoms with Gasteiger partial charge in [0, 0.05) is 36.7 Å². The van der Waals surface area contributed by atoms with E-state index in [4.69, 9.17) is 11.6 Å². The first-order valence-corrected chi connectivity index (χ1v) is 7.33. The van der Waals surface area contributed by atoms with Gasteiger partial charge in [0.05, 0.1) is 0 Å². The van der Waals surface area contributed by atoms with Crippen LogP contribution in [0.5, 0.6) is 0 Å². The molecule has 2 saturated heterocycles. The van der Waals surface area contributed by atoms with Crippen LogP contribution in [-0.2, 0) is 6.54 Å². The molecule has 0 bridgehead atoms. The van der Waals surface area contributed by atoms with Gasteiger partial charge in [-0.3, -0.25) is 9.80 Å². The van der Waals surface area contributed by atoms with Gasteiger partial charge < -0.3 is 0 Å². The van der Waals surface area contributed by atoms with Gasteiger partial charge in [-0.05, 0) is 44.0 Å². The Hall–Kier alpha value is -0.570. The summed E-state index contributed by atoms with van der Waals surface area (Å²) < 4.78 is 0. The number of hydrogen-bond acceptors (Lipinski definition) is 2. The maximum absolute atomic E-state index is 6.06. The van der Waals surface area contributed by atoms with E-state index in [0.29, 0.717) is 6.04 Å². The number of halogens is 1. The molecule has 2 fully saturated rings. The Morgan fingerprint density at radius 1 is 1.33 bits per heavy atom. The second-order valence-corrected chi connectivity index (χ2v) is 6.14. The summed E-state index contributed by atoms with van der Waals surface area (Å²) in [5.74, 6) is 0. The van der Waals surface area contributed by atoms with Crippen LogP contribution >= 0.6 is 11.6 Å². The average Bonchev–Trinajstić information content (AvgIpc) is 2.76. The first kappa shape index (κ1) is 12.5. The fourth-order valence-electron chi connectivity index (χ4n) is 3.34. The van der Waals surface area contributed by atoms with Crippen LogP contribution in [0, 0.1) is 0 Å². The van der Waals surface area contributed by atoms with E-state index in [2.05, 4.69) is 28.9 Å². The van der Waals surface area contributed by atoms with Crippen LogP contribution in [0.15, 0.2) is 24.3 Å². The predicted molar refractivity (Wildman–Crippen MR) is 75.9 cm³/mol. The first-order chi connectivity index (χ1) is 8.72. The van der Waals surface area contributed by atoms with E-state index in [0.717, 1.165) is 17.6 Å². The highest BCUT2D eigenvalue weighted by Crippen LogP contribution is 2.26. The van der Waals surface area contributed by atoms with Crippen molar-refractivity contribution in [3.8, 4) is 0 Å². The molecule has 0 saturated carbocycles. The monoisotopic (exact) mass is 264 g/mol. The highest BCUT2D eigenvalue weighted by molar-refractivity contribution is 6.30. The van der Waals surface area contributed by atoms with Gasteiger partial charge in [-0.1, -0.05) is 23.7 Å². The van der Waals surface area contributed by atoms with E-state index in [1.165, 1.54) is 38.0 Å². The van der Waals surface area contributed by atoms with Crippen molar-refractivity contribution in [3.05, 3.63) is 34.9 Å². The SMILES string of the molecule is C[C@@H]1CN2CCC[C@H]2CN1Cc1cccc(Cl)c1. The third-order valence-electron chi connectivity index (χ3n) is 4.34. The number of benzene rings is 1. The second-order valence-electron chi connectivity index (χ2n) is 5.70. The molecule has 2 aliphatic heterocycles. The van der Waals surface area contributed by atoms with Crippen molar-refractivity contribution in [2.75, 3.05) is 19.6 Å². The lowest BCUT2D eigenvalue weighted by molar-refractivity contribution is 0.0540. The predicted octanol–water partition coefficient (Wildman–Crippen LogP) is 3.01. The molecule has 0 unspecified atom stereocenters. The van der Waals surface area contributed by atoms with E-state index in [-0.39, 0.29) is 0 Å². The van der Waals surface area contributed by atoms with Crippen molar-refractivity contribution >= 4 is 11.6 Å². The molecule has 18 heavy (non-hydrogen) atoms. The fourth-order valence-corrected chi connectivity index (χ4v) is 3.55. The van der Waals surface area contributed by atoms with Crippen molar-refractivity contribution < 1.29 is 0 Å². The molecule has 3 rings (SSSR count). The van der Waals surface area contributed by atoms with Crippen LogP contribution in [0.3, 0.4) is 0 Å². The lowest BCUT2D eigenvalue weighted by Crippen LogP contribution is -2.54. The van der Waals surface area contributed by atoms with Gasteiger partial charge in [-0.2, -0.15) is 0 Å². The van der Waals surface area contributed by atoms with Gasteiger partial charge in [0.25, 0.3) is 0 Å². The van der Waals surface area contributed by atoms with Gasteiger partial charge >= 0.3 is 0 Å². The Labute approximate surface area is 115 Å². The Balaban J connectivity index is 1.68. The minimum Gasteiger partial charge on any atom is -0.298 e. The number of piperazine rings is 1. The van der Waals surface area contributed by atoms with Crippen molar-refractivity contribution in [2.45, 2.75) is 38.4 Å². The Kier molecular flexibility index (Phi) is 3.60. The zero-order valence-electron chi connectivity index (χ0n) is 11.0. The number of hydrogen-bond donors (Lipinski definition) is 0. The van der Waals surface area contributed by atoms with Crippen LogP contribution in [0.1, 0.15) is 25.3 Å². The second kappa shape index (κ2) is 5.20. The Morgan fingerprint density at radius 3 is 3.06 bits per heavy atom. The molecule has 2 nitrogen and oxygen atoms in total. The summed E-state index contributed by atoms with van der Waals surface area (Å²) in [6.45, 7) is 7.13. The number of rotatable bonds is 2. The minimum absolute atomic E-state index is 0.651. The van der Waals surface area contributed by atoms with Crippen LogP contribution in [0.4, 0.5) is 0 Å². The van der Waals surface area contributed by atoms with Crippen LogP contribution in [0.25, 0.3) is 0 Å². The molecular formula is C15H21ClN2. The van der Waals surface area contributed by atoms with Gasteiger partial charge in [0.2, 0.25) is 0 Å². The van der Waals surface area contributed by atoms with E-state index in [1.807, 2.05) is 12.1 Å². The third-order valence-corrected chi connectivity index (χ3v) is 4.58. The quantitative estimate of drug-likeness (QED) is 0.810. The van der Waals surface area contributed by atoms with E-state index >= 15 is 0 Å². The summed E-state index contributed by atoms with van der Waals surface area (Å²) in [6.07, 6.45) is 2.75. The maximum atomic E-state index is 6.06. The summed E-state index contributed by atoms with van der Waals surface area (Å²) in [5, 5.41) is 0.847. The summed E-state index contributed by atoms with van der Waals surface area (Å²) in [6, 6.07) is 9.71. The zero-order chi connectivity index (χ0) is 12.5. The summed E-state index contributed by atoms with van der Waals surface area (Å²) in [4.78, 5) is 5.28. The molecule has 2 aliphatic rings. The zero-order valence-corrected chi connectivity index (χ0v) is 11.7. The van der Waals surface area contributed by atoms with Crippen LogP contribution < -0.4 is 0 Å². The highest BCUT2D eigenvalue weighted by Gasteiger charge is 2.34. The van der Waals surface area contributed by atoms with Gasteiger partial charge in [0.15, 0.2) is 0 Å².